The van der Waals surface area contributed by atoms with Gasteiger partial charge in [-0.15, -0.1) is 0 Å². The van der Waals surface area contributed by atoms with Gasteiger partial charge in [0.2, 0.25) is 0 Å². The average Bonchev–Trinajstić information content (AvgIpc) is 2.93. The van der Waals surface area contributed by atoms with Crippen LogP contribution in [0.25, 0.3) is 5.65 Å². The number of hydrogen-bond acceptors (Lipinski definition) is 5. The predicted molar refractivity (Wildman–Crippen MR) is 85.2 cm³/mol. The number of anilines is 1. The summed E-state index contributed by atoms with van der Waals surface area (Å²) < 4.78 is 12.1. The van der Waals surface area contributed by atoms with Gasteiger partial charge in [-0.25, -0.2) is 9.50 Å². The first-order valence-corrected chi connectivity index (χ1v) is 6.97. The van der Waals surface area contributed by atoms with E-state index in [9.17, 15) is 4.79 Å². The topological polar surface area (TPSA) is 77.8 Å². The number of hydrogen-bond donors (Lipinski definition) is 1. The molecular weight excluding hydrogens is 296 g/mol. The van der Waals surface area contributed by atoms with Crippen LogP contribution in [0.1, 0.15) is 16.2 Å². The molecule has 3 aromatic rings. The smallest absolute Gasteiger partial charge is 0.263 e. The molecule has 118 valence electrons. The summed E-state index contributed by atoms with van der Waals surface area (Å²) in [6.07, 6.45) is 1.70. The van der Waals surface area contributed by atoms with Gasteiger partial charge in [-0.05, 0) is 31.2 Å². The number of amides is 1. The maximum absolute atomic E-state index is 12.6. The van der Waals surface area contributed by atoms with E-state index in [2.05, 4.69) is 15.4 Å². The van der Waals surface area contributed by atoms with Crippen molar-refractivity contribution < 1.29 is 14.3 Å². The van der Waals surface area contributed by atoms with E-state index >= 15 is 0 Å². The van der Waals surface area contributed by atoms with Crippen LogP contribution in [-0.2, 0) is 0 Å². The first-order valence-electron chi connectivity index (χ1n) is 6.97. The second-order valence-corrected chi connectivity index (χ2v) is 4.87. The summed E-state index contributed by atoms with van der Waals surface area (Å²) in [6.45, 7) is 1.81. The second-order valence-electron chi connectivity index (χ2n) is 4.87. The molecule has 1 aromatic carbocycles. The highest BCUT2D eigenvalue weighted by Crippen LogP contribution is 2.29. The molecule has 7 nitrogen and oxygen atoms in total. The van der Waals surface area contributed by atoms with Crippen molar-refractivity contribution >= 4 is 17.2 Å². The van der Waals surface area contributed by atoms with Crippen LogP contribution in [-0.4, -0.2) is 34.7 Å². The van der Waals surface area contributed by atoms with Crippen LogP contribution in [0.2, 0.25) is 0 Å². The van der Waals surface area contributed by atoms with Crippen LogP contribution in [0.5, 0.6) is 11.5 Å². The number of rotatable bonds is 4. The molecule has 0 unspecified atom stereocenters. The number of aryl methyl sites for hydroxylation is 1. The van der Waals surface area contributed by atoms with E-state index in [0.717, 1.165) is 5.65 Å². The van der Waals surface area contributed by atoms with Gasteiger partial charge >= 0.3 is 0 Å². The Hall–Kier alpha value is -3.09. The average molecular weight is 312 g/mol. The fourth-order valence-corrected chi connectivity index (χ4v) is 2.34. The number of methoxy groups -OCH3 is 2. The molecule has 23 heavy (non-hydrogen) atoms. The van der Waals surface area contributed by atoms with Gasteiger partial charge < -0.3 is 14.8 Å². The van der Waals surface area contributed by atoms with Crippen molar-refractivity contribution in [2.24, 2.45) is 0 Å². The van der Waals surface area contributed by atoms with Crippen LogP contribution in [0.3, 0.4) is 0 Å². The zero-order valence-electron chi connectivity index (χ0n) is 13.0. The summed E-state index contributed by atoms with van der Waals surface area (Å²) >= 11 is 0. The molecule has 1 N–H and O–H groups in total. The first-order chi connectivity index (χ1) is 11.1. The normalized spacial score (nSPS) is 10.6. The quantitative estimate of drug-likeness (QED) is 0.800. The molecule has 0 radical (unpaired) electrons. The van der Waals surface area contributed by atoms with Gasteiger partial charge in [-0.3, -0.25) is 4.79 Å². The van der Waals surface area contributed by atoms with Crippen molar-refractivity contribution in [2.45, 2.75) is 6.92 Å². The molecule has 7 heteroatoms. The van der Waals surface area contributed by atoms with Crippen molar-refractivity contribution in [1.82, 2.24) is 14.6 Å². The lowest BCUT2D eigenvalue weighted by atomic mass is 10.1. The largest absolute Gasteiger partial charge is 0.496 e. The van der Waals surface area contributed by atoms with Gasteiger partial charge in [0.15, 0.2) is 5.65 Å². The van der Waals surface area contributed by atoms with E-state index in [1.54, 1.807) is 41.0 Å². The van der Waals surface area contributed by atoms with E-state index in [4.69, 9.17) is 9.47 Å². The van der Waals surface area contributed by atoms with E-state index in [1.165, 1.54) is 14.2 Å². The Labute approximate surface area is 132 Å². The highest BCUT2D eigenvalue weighted by Gasteiger charge is 2.18. The van der Waals surface area contributed by atoms with Crippen LogP contribution in [0.4, 0.5) is 5.69 Å². The van der Waals surface area contributed by atoms with Gasteiger partial charge in [0.1, 0.15) is 22.9 Å². The Bertz CT molecular complexity index is 851. The molecular formula is C16H16N4O3. The van der Waals surface area contributed by atoms with Crippen molar-refractivity contribution in [3.8, 4) is 11.5 Å². The minimum Gasteiger partial charge on any atom is -0.496 e. The Morgan fingerprint density at radius 2 is 1.83 bits per heavy atom. The summed E-state index contributed by atoms with van der Waals surface area (Å²) in [5.74, 6) is 1.23. The zero-order chi connectivity index (χ0) is 16.4. The standard InChI is InChI=1S/C16H16N4O3/c1-10-17-14-8-7-11(9-20(14)19-10)18-16(21)15-12(22-2)5-4-6-13(15)23-3/h4-9H,1-3H3,(H,18,21). The molecule has 0 aliphatic heterocycles. The van der Waals surface area contributed by atoms with E-state index in [1.807, 2.05) is 6.92 Å². The number of nitrogens with one attached hydrogen (secondary N) is 1. The monoisotopic (exact) mass is 312 g/mol. The highest BCUT2D eigenvalue weighted by molar-refractivity contribution is 6.08. The number of benzene rings is 1. The lowest BCUT2D eigenvalue weighted by molar-refractivity contribution is 0.102. The first kappa shape index (κ1) is 14.8. The minimum atomic E-state index is -0.324. The number of nitrogens with zero attached hydrogens (tertiary/aromatic N) is 3. The SMILES string of the molecule is COc1cccc(OC)c1C(=O)Nc1ccc2nc(C)nn2c1. The Morgan fingerprint density at radius 1 is 1.13 bits per heavy atom. The van der Waals surface area contributed by atoms with E-state index < -0.39 is 0 Å². The molecule has 0 aliphatic rings. The van der Waals surface area contributed by atoms with E-state index in [-0.39, 0.29) is 5.91 Å². The molecule has 2 heterocycles. The number of ether oxygens (including phenoxy) is 2. The van der Waals surface area contributed by atoms with Crippen LogP contribution in [0.15, 0.2) is 36.5 Å². The van der Waals surface area contributed by atoms with Gasteiger partial charge in [-0.2, -0.15) is 5.10 Å². The van der Waals surface area contributed by atoms with Gasteiger partial charge in [-0.1, -0.05) is 6.07 Å². The summed E-state index contributed by atoms with van der Waals surface area (Å²) in [6, 6.07) is 8.74. The summed E-state index contributed by atoms with van der Waals surface area (Å²) in [4.78, 5) is 16.8. The molecule has 0 saturated carbocycles. The lowest BCUT2D eigenvalue weighted by Gasteiger charge is -2.13. The fourth-order valence-electron chi connectivity index (χ4n) is 2.34. The number of pyridine rings is 1. The molecule has 0 aliphatic carbocycles. The number of fused-ring (bicyclic) bond motifs is 1. The van der Waals surface area contributed by atoms with Crippen molar-refractivity contribution in [3.05, 3.63) is 47.9 Å². The molecule has 0 saturated heterocycles. The Morgan fingerprint density at radius 3 is 2.48 bits per heavy atom. The Balaban J connectivity index is 1.94. The molecule has 1 amide bonds. The molecule has 3 rings (SSSR count). The van der Waals surface area contributed by atoms with Crippen molar-refractivity contribution in [3.63, 3.8) is 0 Å². The van der Waals surface area contributed by atoms with E-state index in [0.29, 0.717) is 28.6 Å². The predicted octanol–water partition coefficient (Wildman–Crippen LogP) is 2.31. The van der Waals surface area contributed by atoms with Crippen LogP contribution >= 0.6 is 0 Å². The Kier molecular flexibility index (Phi) is 3.84. The molecule has 0 fully saturated rings. The summed E-state index contributed by atoms with van der Waals surface area (Å²) in [7, 11) is 3.02. The van der Waals surface area contributed by atoms with Crippen LogP contribution < -0.4 is 14.8 Å². The number of carbonyl (C=O) groups is 1. The second kappa shape index (κ2) is 5.96. The maximum Gasteiger partial charge on any atom is 0.263 e. The highest BCUT2D eigenvalue weighted by atomic mass is 16.5. The van der Waals surface area contributed by atoms with Crippen molar-refractivity contribution in [1.29, 1.82) is 0 Å². The zero-order valence-corrected chi connectivity index (χ0v) is 13.0. The summed E-state index contributed by atoms with van der Waals surface area (Å²) in [5, 5.41) is 7.05. The molecule has 0 atom stereocenters. The third-order valence-corrected chi connectivity index (χ3v) is 3.35. The van der Waals surface area contributed by atoms with Crippen LogP contribution in [0, 0.1) is 6.92 Å². The van der Waals surface area contributed by atoms with Gasteiger partial charge in [0.05, 0.1) is 26.1 Å². The van der Waals surface area contributed by atoms with Crippen molar-refractivity contribution in [2.75, 3.05) is 19.5 Å². The third kappa shape index (κ3) is 2.80. The molecule has 0 bridgehead atoms. The summed E-state index contributed by atoms with van der Waals surface area (Å²) in [5.41, 5.74) is 1.66. The molecule has 2 aromatic heterocycles. The van der Waals surface area contributed by atoms with Gasteiger partial charge in [0.25, 0.3) is 5.91 Å². The number of aromatic nitrogens is 3. The molecule has 0 spiro atoms. The lowest BCUT2D eigenvalue weighted by Crippen LogP contribution is -2.15. The third-order valence-electron chi connectivity index (χ3n) is 3.35. The maximum atomic E-state index is 12.6. The minimum absolute atomic E-state index is 0.324. The fraction of sp³-hybridized carbons (Fsp3) is 0.188. The van der Waals surface area contributed by atoms with Gasteiger partial charge in [0, 0.05) is 0 Å². The number of carbonyl (C=O) groups excluding carboxylic acids is 1.